The maximum Gasteiger partial charge on any atom is 0.237 e. The van der Waals surface area contributed by atoms with E-state index in [9.17, 15) is 9.90 Å². The van der Waals surface area contributed by atoms with Crippen LogP contribution in [0.1, 0.15) is 11.3 Å². The molecule has 1 aromatic heterocycles. The standard InChI is InChI=1S/C15H17N3O2/c1-17-8-14(19)18-7-12-10(6-13(18)15(17)20)9-4-2-3-5-11(9)16-12/h2-5,13,15-16,20H,6-8H2,1H3/t13-,15?/m1/s1. The SMILES string of the molecule is CN1CC(=O)N2Cc3[nH]c4ccccc4c3C[C@@H]2C1O. The first kappa shape index (κ1) is 11.9. The Hall–Kier alpha value is -1.85. The Morgan fingerprint density at radius 3 is 2.95 bits per heavy atom. The molecule has 5 nitrogen and oxygen atoms in total. The summed E-state index contributed by atoms with van der Waals surface area (Å²) in [6.07, 6.45) is 0.117. The number of likely N-dealkylation sites (N-methyl/N-ethyl adjacent to an activating group) is 1. The number of para-hydroxylation sites is 1. The molecule has 0 spiro atoms. The molecule has 1 aromatic carbocycles. The van der Waals surface area contributed by atoms with Crippen LogP contribution in [0.15, 0.2) is 24.3 Å². The van der Waals surface area contributed by atoms with Crippen molar-refractivity contribution >= 4 is 16.8 Å². The van der Waals surface area contributed by atoms with Gasteiger partial charge in [-0.05, 0) is 25.1 Å². The van der Waals surface area contributed by atoms with Crippen LogP contribution >= 0.6 is 0 Å². The van der Waals surface area contributed by atoms with Crippen molar-refractivity contribution < 1.29 is 9.90 Å². The van der Waals surface area contributed by atoms with Crippen LogP contribution in [-0.2, 0) is 17.8 Å². The van der Waals surface area contributed by atoms with Crippen molar-refractivity contribution in [2.75, 3.05) is 13.6 Å². The van der Waals surface area contributed by atoms with E-state index in [1.807, 2.05) is 17.0 Å². The second kappa shape index (κ2) is 4.07. The molecule has 0 saturated carbocycles. The predicted octanol–water partition coefficient (Wildman–Crippen LogP) is 0.685. The zero-order chi connectivity index (χ0) is 13.9. The highest BCUT2D eigenvalue weighted by molar-refractivity contribution is 5.86. The van der Waals surface area contributed by atoms with Gasteiger partial charge in [-0.3, -0.25) is 9.69 Å². The fourth-order valence-corrected chi connectivity index (χ4v) is 3.46. The molecule has 1 saturated heterocycles. The number of fused-ring (bicyclic) bond motifs is 4. The first-order chi connectivity index (χ1) is 9.65. The van der Waals surface area contributed by atoms with Crippen molar-refractivity contribution in [1.82, 2.24) is 14.8 Å². The number of H-pyrrole nitrogens is 1. The topological polar surface area (TPSA) is 59.6 Å². The summed E-state index contributed by atoms with van der Waals surface area (Å²) >= 11 is 0. The van der Waals surface area contributed by atoms with Crippen molar-refractivity contribution in [3.05, 3.63) is 35.5 Å². The van der Waals surface area contributed by atoms with Gasteiger partial charge in [0.1, 0.15) is 6.23 Å². The molecule has 2 aliphatic heterocycles. The van der Waals surface area contributed by atoms with Gasteiger partial charge in [0.15, 0.2) is 0 Å². The minimum absolute atomic E-state index is 0.0899. The van der Waals surface area contributed by atoms with Gasteiger partial charge in [0.05, 0.1) is 19.1 Å². The molecule has 2 aliphatic rings. The summed E-state index contributed by atoms with van der Waals surface area (Å²) in [6.45, 7) is 0.853. The Kier molecular flexibility index (Phi) is 2.43. The van der Waals surface area contributed by atoms with E-state index in [0.717, 1.165) is 11.2 Å². The van der Waals surface area contributed by atoms with Crippen LogP contribution in [0.5, 0.6) is 0 Å². The number of nitrogens with one attached hydrogen (secondary N) is 1. The van der Waals surface area contributed by atoms with Crippen molar-refractivity contribution in [3.63, 3.8) is 0 Å². The van der Waals surface area contributed by atoms with Crippen molar-refractivity contribution in [3.8, 4) is 0 Å². The summed E-state index contributed by atoms with van der Waals surface area (Å²) < 4.78 is 0. The number of aliphatic hydroxyl groups excluding tert-OH is 1. The van der Waals surface area contributed by atoms with Gasteiger partial charge >= 0.3 is 0 Å². The maximum atomic E-state index is 12.2. The lowest BCUT2D eigenvalue weighted by molar-refractivity contribution is -0.157. The van der Waals surface area contributed by atoms with Crippen LogP contribution in [0.4, 0.5) is 0 Å². The summed E-state index contributed by atoms with van der Waals surface area (Å²) in [5.74, 6) is 0.0899. The largest absolute Gasteiger partial charge is 0.376 e. The van der Waals surface area contributed by atoms with E-state index in [1.54, 1.807) is 11.9 Å². The third-order valence-electron chi connectivity index (χ3n) is 4.54. The molecule has 1 unspecified atom stereocenters. The highest BCUT2D eigenvalue weighted by Gasteiger charge is 2.41. The monoisotopic (exact) mass is 271 g/mol. The van der Waals surface area contributed by atoms with Crippen LogP contribution in [0.25, 0.3) is 10.9 Å². The third-order valence-corrected chi connectivity index (χ3v) is 4.54. The number of aromatic amines is 1. The molecule has 1 fully saturated rings. The summed E-state index contributed by atoms with van der Waals surface area (Å²) in [7, 11) is 1.80. The molecule has 4 rings (SSSR count). The molecular weight excluding hydrogens is 254 g/mol. The van der Waals surface area contributed by atoms with Gasteiger partial charge in [-0.15, -0.1) is 0 Å². The normalized spacial score (nSPS) is 26.7. The second-order valence-electron chi connectivity index (χ2n) is 5.75. The maximum absolute atomic E-state index is 12.2. The van der Waals surface area contributed by atoms with E-state index in [4.69, 9.17) is 0 Å². The Balaban J connectivity index is 1.82. The quantitative estimate of drug-likeness (QED) is 0.741. The molecule has 2 atom stereocenters. The van der Waals surface area contributed by atoms with Crippen LogP contribution in [0.2, 0.25) is 0 Å². The number of aliphatic hydroxyl groups is 1. The van der Waals surface area contributed by atoms with Crippen LogP contribution in [-0.4, -0.2) is 51.7 Å². The van der Waals surface area contributed by atoms with Gasteiger partial charge in [-0.2, -0.15) is 0 Å². The molecule has 20 heavy (non-hydrogen) atoms. The number of aromatic nitrogens is 1. The van der Waals surface area contributed by atoms with Gasteiger partial charge in [-0.25, -0.2) is 0 Å². The molecule has 2 N–H and O–H groups in total. The zero-order valence-corrected chi connectivity index (χ0v) is 11.3. The highest BCUT2D eigenvalue weighted by Crippen LogP contribution is 2.33. The van der Waals surface area contributed by atoms with Crippen LogP contribution in [0, 0.1) is 0 Å². The van der Waals surface area contributed by atoms with Crippen molar-refractivity contribution in [1.29, 1.82) is 0 Å². The predicted molar refractivity (Wildman–Crippen MR) is 75.0 cm³/mol. The number of piperazine rings is 1. The summed E-state index contributed by atoms with van der Waals surface area (Å²) in [5.41, 5.74) is 3.45. The van der Waals surface area contributed by atoms with E-state index in [-0.39, 0.29) is 18.5 Å². The summed E-state index contributed by atoms with van der Waals surface area (Å²) in [5, 5.41) is 11.6. The number of carbonyl (C=O) groups is 1. The Labute approximate surface area is 116 Å². The smallest absolute Gasteiger partial charge is 0.237 e. The minimum Gasteiger partial charge on any atom is -0.376 e. The fourth-order valence-electron chi connectivity index (χ4n) is 3.46. The first-order valence-corrected chi connectivity index (χ1v) is 6.91. The lowest BCUT2D eigenvalue weighted by atomic mass is 9.93. The summed E-state index contributed by atoms with van der Waals surface area (Å²) in [4.78, 5) is 19.1. The molecule has 104 valence electrons. The number of nitrogens with zero attached hydrogens (tertiary/aromatic N) is 2. The average Bonchev–Trinajstić information content (AvgIpc) is 2.81. The molecule has 0 aliphatic carbocycles. The molecular formula is C15H17N3O2. The Morgan fingerprint density at radius 1 is 1.30 bits per heavy atom. The van der Waals surface area contributed by atoms with Gasteiger partial charge in [0.2, 0.25) is 5.91 Å². The minimum atomic E-state index is -0.588. The molecule has 0 radical (unpaired) electrons. The fraction of sp³-hybridized carbons (Fsp3) is 0.400. The van der Waals surface area contributed by atoms with Gasteiger partial charge in [0.25, 0.3) is 0 Å². The van der Waals surface area contributed by atoms with E-state index < -0.39 is 6.23 Å². The van der Waals surface area contributed by atoms with Crippen LogP contribution in [0.3, 0.4) is 0 Å². The zero-order valence-electron chi connectivity index (χ0n) is 11.3. The number of hydrogen-bond donors (Lipinski definition) is 2. The van der Waals surface area contributed by atoms with E-state index in [1.165, 1.54) is 10.9 Å². The Bertz CT molecular complexity index is 693. The summed E-state index contributed by atoms with van der Waals surface area (Å²) in [6, 6.07) is 8.04. The molecule has 2 aromatic rings. The van der Waals surface area contributed by atoms with Crippen molar-refractivity contribution in [2.24, 2.45) is 0 Å². The molecule has 3 heterocycles. The number of hydrogen-bond acceptors (Lipinski definition) is 3. The first-order valence-electron chi connectivity index (χ1n) is 6.91. The molecule has 1 amide bonds. The van der Waals surface area contributed by atoms with E-state index >= 15 is 0 Å². The highest BCUT2D eigenvalue weighted by atomic mass is 16.3. The lowest BCUT2D eigenvalue weighted by Gasteiger charge is -2.45. The Morgan fingerprint density at radius 2 is 2.10 bits per heavy atom. The third kappa shape index (κ3) is 1.53. The molecule has 0 bridgehead atoms. The number of amides is 1. The van der Waals surface area contributed by atoms with E-state index in [2.05, 4.69) is 17.1 Å². The van der Waals surface area contributed by atoms with Gasteiger partial charge < -0.3 is 15.0 Å². The van der Waals surface area contributed by atoms with Crippen molar-refractivity contribution in [2.45, 2.75) is 25.2 Å². The molecule has 5 heteroatoms. The lowest BCUT2D eigenvalue weighted by Crippen LogP contribution is -2.62. The second-order valence-corrected chi connectivity index (χ2v) is 5.75. The van der Waals surface area contributed by atoms with E-state index in [0.29, 0.717) is 13.0 Å². The van der Waals surface area contributed by atoms with Gasteiger partial charge in [0, 0.05) is 16.6 Å². The van der Waals surface area contributed by atoms with Crippen LogP contribution < -0.4 is 0 Å². The number of rotatable bonds is 0. The van der Waals surface area contributed by atoms with Gasteiger partial charge in [-0.1, -0.05) is 18.2 Å². The average molecular weight is 271 g/mol. The number of carbonyl (C=O) groups excluding carboxylic acids is 1. The number of benzene rings is 1.